The highest BCUT2D eigenvalue weighted by Crippen LogP contribution is 2.31. The van der Waals surface area contributed by atoms with Crippen molar-refractivity contribution in [2.24, 2.45) is 0 Å². The number of hydrogen-bond donors (Lipinski definition) is 1. The molecule has 0 aromatic carbocycles. The number of likely N-dealkylation sites (tertiary alicyclic amines) is 2. The van der Waals surface area contributed by atoms with E-state index in [0.29, 0.717) is 31.9 Å². The minimum absolute atomic E-state index is 0.0109. The summed E-state index contributed by atoms with van der Waals surface area (Å²) >= 11 is 0. The predicted molar refractivity (Wildman–Crippen MR) is 115 cm³/mol. The molecule has 2 aromatic heterocycles. The second-order valence-corrected chi connectivity index (χ2v) is 7.91. The second-order valence-electron chi connectivity index (χ2n) is 7.91. The Morgan fingerprint density at radius 1 is 1.29 bits per heavy atom. The average Bonchev–Trinajstić information content (AvgIpc) is 3.42. The third-order valence-corrected chi connectivity index (χ3v) is 5.73. The van der Waals surface area contributed by atoms with Crippen molar-refractivity contribution in [1.29, 1.82) is 0 Å². The maximum Gasteiger partial charge on any atom is 0.249 e. The van der Waals surface area contributed by atoms with Gasteiger partial charge in [0.1, 0.15) is 18.2 Å². The lowest BCUT2D eigenvalue weighted by atomic mass is 10.1. The highest BCUT2D eigenvalue weighted by Gasteiger charge is 2.31. The van der Waals surface area contributed by atoms with E-state index < -0.39 is 0 Å². The van der Waals surface area contributed by atoms with Gasteiger partial charge < -0.3 is 19.9 Å². The first-order valence-electron chi connectivity index (χ1n) is 10.8. The lowest BCUT2D eigenvalue weighted by molar-refractivity contribution is -0.137. The number of ether oxygens (including phenoxy) is 1. The van der Waals surface area contributed by atoms with Crippen molar-refractivity contribution in [3.8, 4) is 0 Å². The van der Waals surface area contributed by atoms with Gasteiger partial charge in [-0.15, -0.1) is 0 Å². The minimum Gasteiger partial charge on any atom is -0.370 e. The van der Waals surface area contributed by atoms with E-state index in [1.165, 1.54) is 0 Å². The molecule has 2 fully saturated rings. The highest BCUT2D eigenvalue weighted by molar-refractivity contribution is 5.78. The third kappa shape index (κ3) is 5.16. The number of rotatable bonds is 8. The number of hydrogen-bond acceptors (Lipinski definition) is 7. The van der Waals surface area contributed by atoms with Gasteiger partial charge in [-0.1, -0.05) is 6.07 Å². The molecule has 4 heterocycles. The van der Waals surface area contributed by atoms with Crippen LogP contribution in [0.4, 0.5) is 11.6 Å². The molecule has 2 aliphatic rings. The molecule has 0 spiro atoms. The zero-order valence-corrected chi connectivity index (χ0v) is 17.8. The summed E-state index contributed by atoms with van der Waals surface area (Å²) in [4.78, 5) is 41.4. The van der Waals surface area contributed by atoms with E-state index >= 15 is 0 Å². The number of amides is 2. The molecule has 0 unspecified atom stereocenters. The summed E-state index contributed by atoms with van der Waals surface area (Å²) in [7, 11) is 0. The van der Waals surface area contributed by atoms with Gasteiger partial charge in [0.05, 0.1) is 30.7 Å². The number of nitrogens with one attached hydrogen (secondary N) is 1. The van der Waals surface area contributed by atoms with Crippen molar-refractivity contribution in [3.05, 3.63) is 42.0 Å². The van der Waals surface area contributed by atoms with Crippen LogP contribution in [0.1, 0.15) is 43.0 Å². The standard InChI is InChI=1S/C22H28N6O3/c1-16-5-2-8-24-22(16)26-19-14-23-13-17(25-19)18-6-3-10-28(18)21(30)15-31-12-11-27-9-4-7-20(27)29/h2,5,8,13-14,18H,3-4,6-7,9-12,15H2,1H3,(H,24,25,26)/t18-/m1/s1. The Morgan fingerprint density at radius 2 is 2.19 bits per heavy atom. The van der Waals surface area contributed by atoms with E-state index in [-0.39, 0.29) is 24.5 Å². The molecule has 0 aliphatic carbocycles. The van der Waals surface area contributed by atoms with E-state index in [1.54, 1.807) is 23.5 Å². The van der Waals surface area contributed by atoms with Gasteiger partial charge in [0.15, 0.2) is 0 Å². The van der Waals surface area contributed by atoms with Crippen molar-refractivity contribution < 1.29 is 14.3 Å². The van der Waals surface area contributed by atoms with E-state index in [4.69, 9.17) is 4.74 Å². The SMILES string of the molecule is Cc1cccnc1Nc1cncc([C@H]2CCCN2C(=O)COCCN2CCCC2=O)n1. The molecule has 164 valence electrons. The maximum absolute atomic E-state index is 12.8. The molecule has 4 rings (SSSR count). The molecular weight excluding hydrogens is 396 g/mol. The summed E-state index contributed by atoms with van der Waals surface area (Å²) in [6, 6.07) is 3.75. The lowest BCUT2D eigenvalue weighted by Crippen LogP contribution is -2.35. The normalized spacial score (nSPS) is 18.6. The molecule has 0 bridgehead atoms. The van der Waals surface area contributed by atoms with Gasteiger partial charge in [0.25, 0.3) is 0 Å². The summed E-state index contributed by atoms with van der Waals surface area (Å²) in [5.41, 5.74) is 1.77. The predicted octanol–water partition coefficient (Wildman–Crippen LogP) is 2.23. The van der Waals surface area contributed by atoms with Crippen LogP contribution in [-0.4, -0.2) is 69.4 Å². The number of anilines is 2. The van der Waals surface area contributed by atoms with E-state index in [2.05, 4.69) is 20.3 Å². The highest BCUT2D eigenvalue weighted by atomic mass is 16.5. The van der Waals surface area contributed by atoms with E-state index in [9.17, 15) is 9.59 Å². The Hall–Kier alpha value is -3.07. The van der Waals surface area contributed by atoms with Gasteiger partial charge in [-0.2, -0.15) is 0 Å². The summed E-state index contributed by atoms with van der Waals surface area (Å²) in [5, 5.41) is 3.21. The Kier molecular flexibility index (Phi) is 6.71. The Bertz CT molecular complexity index is 937. The Morgan fingerprint density at radius 3 is 3.00 bits per heavy atom. The molecule has 1 N–H and O–H groups in total. The molecule has 9 heteroatoms. The number of carbonyl (C=O) groups is 2. The zero-order chi connectivity index (χ0) is 21.6. The van der Waals surface area contributed by atoms with E-state index in [0.717, 1.165) is 42.9 Å². The van der Waals surface area contributed by atoms with Crippen molar-refractivity contribution in [1.82, 2.24) is 24.8 Å². The first kappa shape index (κ1) is 21.2. The van der Waals surface area contributed by atoms with Gasteiger partial charge >= 0.3 is 0 Å². The fourth-order valence-electron chi connectivity index (χ4n) is 4.07. The maximum atomic E-state index is 12.8. The number of nitrogens with zero attached hydrogens (tertiary/aromatic N) is 5. The molecular formula is C22H28N6O3. The van der Waals surface area contributed by atoms with Crippen LogP contribution in [-0.2, 0) is 14.3 Å². The number of carbonyl (C=O) groups excluding carboxylic acids is 2. The monoisotopic (exact) mass is 424 g/mol. The fourth-order valence-corrected chi connectivity index (χ4v) is 4.07. The Labute approximate surface area is 181 Å². The van der Waals surface area contributed by atoms with Crippen molar-refractivity contribution in [3.63, 3.8) is 0 Å². The van der Waals surface area contributed by atoms with Gasteiger partial charge in [0.2, 0.25) is 11.8 Å². The van der Waals surface area contributed by atoms with Gasteiger partial charge in [-0.25, -0.2) is 9.97 Å². The molecule has 2 aromatic rings. The van der Waals surface area contributed by atoms with Crippen molar-refractivity contribution in [2.75, 3.05) is 38.2 Å². The smallest absolute Gasteiger partial charge is 0.249 e. The molecule has 0 radical (unpaired) electrons. The molecule has 1 atom stereocenters. The third-order valence-electron chi connectivity index (χ3n) is 5.73. The molecule has 31 heavy (non-hydrogen) atoms. The van der Waals surface area contributed by atoms with Gasteiger partial charge in [0, 0.05) is 32.3 Å². The van der Waals surface area contributed by atoms with Crippen LogP contribution in [0.2, 0.25) is 0 Å². The van der Waals surface area contributed by atoms with Crippen molar-refractivity contribution in [2.45, 2.75) is 38.6 Å². The van der Waals surface area contributed by atoms with Crippen LogP contribution < -0.4 is 5.32 Å². The summed E-state index contributed by atoms with van der Waals surface area (Å²) in [6.45, 7) is 4.36. The van der Waals surface area contributed by atoms with Crippen molar-refractivity contribution >= 4 is 23.5 Å². The number of aromatic nitrogens is 3. The van der Waals surface area contributed by atoms with Gasteiger partial charge in [-0.3, -0.25) is 14.6 Å². The average molecular weight is 425 g/mol. The summed E-state index contributed by atoms with van der Waals surface area (Å²) < 4.78 is 5.58. The number of aryl methyl sites for hydroxylation is 1. The first-order chi connectivity index (χ1) is 15.1. The topological polar surface area (TPSA) is 101 Å². The van der Waals surface area contributed by atoms with Crippen LogP contribution in [0.15, 0.2) is 30.7 Å². The van der Waals surface area contributed by atoms with Crippen LogP contribution in [0.25, 0.3) is 0 Å². The molecule has 9 nitrogen and oxygen atoms in total. The second kappa shape index (κ2) is 9.82. The largest absolute Gasteiger partial charge is 0.370 e. The molecule has 2 amide bonds. The first-order valence-corrected chi connectivity index (χ1v) is 10.8. The van der Waals surface area contributed by atoms with Crippen LogP contribution in [0.5, 0.6) is 0 Å². The quantitative estimate of drug-likeness (QED) is 0.649. The lowest BCUT2D eigenvalue weighted by Gasteiger charge is -2.24. The van der Waals surface area contributed by atoms with Crippen LogP contribution in [0, 0.1) is 6.92 Å². The van der Waals surface area contributed by atoms with Crippen LogP contribution in [0.3, 0.4) is 0 Å². The molecule has 2 saturated heterocycles. The number of pyridine rings is 1. The van der Waals surface area contributed by atoms with Gasteiger partial charge in [-0.05, 0) is 37.8 Å². The Balaban J connectivity index is 1.34. The minimum atomic E-state index is -0.115. The molecule has 0 saturated carbocycles. The zero-order valence-electron chi connectivity index (χ0n) is 17.8. The summed E-state index contributed by atoms with van der Waals surface area (Å²) in [6.07, 6.45) is 8.37. The molecule has 2 aliphatic heterocycles. The fraction of sp³-hybridized carbons (Fsp3) is 0.500. The van der Waals surface area contributed by atoms with E-state index in [1.807, 2.05) is 24.0 Å². The van der Waals surface area contributed by atoms with Crippen LogP contribution >= 0.6 is 0 Å². The summed E-state index contributed by atoms with van der Waals surface area (Å²) in [5.74, 6) is 1.45.